The minimum atomic E-state index is -0.830. The van der Waals surface area contributed by atoms with E-state index in [0.29, 0.717) is 18.4 Å². The van der Waals surface area contributed by atoms with Crippen molar-refractivity contribution >= 4 is 23.1 Å². The lowest BCUT2D eigenvalue weighted by atomic mass is 10.2. The SMILES string of the molecule is CC(C)(C)OC(=O)N1C[C@@H]2C[C@@H]2[C@@H]1COC(=O)Cl. The summed E-state index contributed by atoms with van der Waals surface area (Å²) in [6.45, 7) is 6.33. The largest absolute Gasteiger partial charge is 0.451 e. The molecule has 6 heteroatoms. The van der Waals surface area contributed by atoms with E-state index in [1.165, 1.54) is 0 Å². The van der Waals surface area contributed by atoms with Gasteiger partial charge in [-0.15, -0.1) is 0 Å². The van der Waals surface area contributed by atoms with E-state index in [4.69, 9.17) is 21.1 Å². The zero-order chi connectivity index (χ0) is 13.5. The van der Waals surface area contributed by atoms with Gasteiger partial charge in [-0.1, -0.05) is 0 Å². The van der Waals surface area contributed by atoms with Crippen molar-refractivity contribution in [3.63, 3.8) is 0 Å². The number of hydrogen-bond acceptors (Lipinski definition) is 4. The molecule has 5 nitrogen and oxygen atoms in total. The Balaban J connectivity index is 1.94. The molecule has 18 heavy (non-hydrogen) atoms. The number of halogens is 1. The predicted octanol–water partition coefficient (Wildman–Crippen LogP) is 2.62. The monoisotopic (exact) mass is 275 g/mol. The molecule has 1 aliphatic carbocycles. The molecule has 1 amide bonds. The Morgan fingerprint density at radius 1 is 1.39 bits per heavy atom. The maximum atomic E-state index is 12.0. The Kier molecular flexibility index (Phi) is 3.45. The number of carbonyl (C=O) groups excluding carboxylic acids is 2. The molecule has 1 aliphatic heterocycles. The average molecular weight is 276 g/mol. The summed E-state index contributed by atoms with van der Waals surface area (Å²) in [6.07, 6.45) is 0.745. The summed E-state index contributed by atoms with van der Waals surface area (Å²) < 4.78 is 10.2. The van der Waals surface area contributed by atoms with E-state index < -0.39 is 11.0 Å². The van der Waals surface area contributed by atoms with E-state index in [1.807, 2.05) is 20.8 Å². The normalized spacial score (nSPS) is 29.8. The van der Waals surface area contributed by atoms with E-state index in [0.717, 1.165) is 6.42 Å². The van der Waals surface area contributed by atoms with Crippen molar-refractivity contribution in [1.82, 2.24) is 4.90 Å². The molecule has 0 aromatic heterocycles. The Bertz CT molecular complexity index is 366. The van der Waals surface area contributed by atoms with Crippen molar-refractivity contribution < 1.29 is 19.1 Å². The van der Waals surface area contributed by atoms with E-state index in [1.54, 1.807) is 4.90 Å². The second kappa shape index (κ2) is 4.61. The molecule has 0 aromatic carbocycles. The summed E-state index contributed by atoms with van der Waals surface area (Å²) in [6, 6.07) is -0.0902. The van der Waals surface area contributed by atoms with Gasteiger partial charge in [-0.25, -0.2) is 9.59 Å². The first kappa shape index (κ1) is 13.5. The van der Waals surface area contributed by atoms with Gasteiger partial charge in [0.2, 0.25) is 0 Å². The maximum absolute atomic E-state index is 12.0. The molecule has 0 unspecified atom stereocenters. The third-order valence-electron chi connectivity index (χ3n) is 3.30. The number of hydrogen-bond donors (Lipinski definition) is 0. The van der Waals surface area contributed by atoms with Gasteiger partial charge in [-0.05, 0) is 39.0 Å². The van der Waals surface area contributed by atoms with Crippen LogP contribution in [0.4, 0.5) is 9.59 Å². The van der Waals surface area contributed by atoms with Gasteiger partial charge in [-0.3, -0.25) is 0 Å². The summed E-state index contributed by atoms with van der Waals surface area (Å²) in [5.74, 6) is 0.949. The number of nitrogens with zero attached hydrogens (tertiary/aromatic N) is 1. The average Bonchev–Trinajstić information content (AvgIpc) is 2.86. The fraction of sp³-hybridized carbons (Fsp3) is 0.833. The first-order chi connectivity index (χ1) is 8.28. The van der Waals surface area contributed by atoms with Gasteiger partial charge in [0.15, 0.2) is 0 Å². The molecule has 1 saturated carbocycles. The van der Waals surface area contributed by atoms with Crippen LogP contribution in [0, 0.1) is 11.8 Å². The zero-order valence-electron chi connectivity index (χ0n) is 10.8. The summed E-state index contributed by atoms with van der Waals surface area (Å²) in [5, 5.41) is 0. The fourth-order valence-corrected chi connectivity index (χ4v) is 2.53. The van der Waals surface area contributed by atoms with Crippen molar-refractivity contribution in [3.8, 4) is 0 Å². The van der Waals surface area contributed by atoms with E-state index in [-0.39, 0.29) is 18.7 Å². The number of piperidine rings is 1. The number of rotatable bonds is 2. The van der Waals surface area contributed by atoms with Crippen LogP contribution in [0.2, 0.25) is 0 Å². The minimum Gasteiger partial charge on any atom is -0.451 e. The Morgan fingerprint density at radius 2 is 2.06 bits per heavy atom. The predicted molar refractivity (Wildman–Crippen MR) is 65.5 cm³/mol. The molecule has 0 radical (unpaired) electrons. The van der Waals surface area contributed by atoms with Gasteiger partial charge in [0, 0.05) is 18.1 Å². The standard InChI is InChI=1S/C12H18ClNO4/c1-12(2,3)18-11(16)14-5-7-4-8(7)9(14)6-17-10(13)15/h7-9H,4-6H2,1-3H3/t7-,8-,9-/m0/s1. The Morgan fingerprint density at radius 3 is 2.61 bits per heavy atom. The van der Waals surface area contributed by atoms with Crippen molar-refractivity contribution in [2.45, 2.75) is 38.8 Å². The van der Waals surface area contributed by atoms with Crippen LogP contribution in [0.5, 0.6) is 0 Å². The van der Waals surface area contributed by atoms with E-state index >= 15 is 0 Å². The van der Waals surface area contributed by atoms with Gasteiger partial charge in [0.05, 0.1) is 6.04 Å². The topological polar surface area (TPSA) is 55.8 Å². The van der Waals surface area contributed by atoms with Crippen LogP contribution >= 0.6 is 11.6 Å². The molecular weight excluding hydrogens is 258 g/mol. The fourth-order valence-electron chi connectivity index (χ4n) is 2.47. The first-order valence-electron chi connectivity index (χ1n) is 6.10. The van der Waals surface area contributed by atoms with E-state index in [9.17, 15) is 9.59 Å². The van der Waals surface area contributed by atoms with Gasteiger partial charge in [-0.2, -0.15) is 0 Å². The van der Waals surface area contributed by atoms with Gasteiger partial charge < -0.3 is 14.4 Å². The van der Waals surface area contributed by atoms with Gasteiger partial charge >= 0.3 is 11.5 Å². The molecule has 0 bridgehead atoms. The molecule has 102 valence electrons. The van der Waals surface area contributed by atoms with Crippen LogP contribution in [0.25, 0.3) is 0 Å². The molecule has 2 aliphatic rings. The third kappa shape index (κ3) is 3.07. The van der Waals surface area contributed by atoms with Gasteiger partial charge in [0.1, 0.15) is 12.2 Å². The molecular formula is C12H18ClNO4. The highest BCUT2D eigenvalue weighted by atomic mass is 35.5. The van der Waals surface area contributed by atoms with Crippen LogP contribution in [-0.2, 0) is 9.47 Å². The molecule has 1 saturated heterocycles. The Hall–Kier alpha value is -0.970. The highest BCUT2D eigenvalue weighted by molar-refractivity contribution is 6.61. The quantitative estimate of drug-likeness (QED) is 0.727. The first-order valence-corrected chi connectivity index (χ1v) is 6.47. The molecule has 0 N–H and O–H groups in total. The smallest absolute Gasteiger partial charge is 0.410 e. The number of ether oxygens (including phenoxy) is 2. The highest BCUT2D eigenvalue weighted by Crippen LogP contribution is 2.49. The van der Waals surface area contributed by atoms with Crippen LogP contribution in [0.1, 0.15) is 27.2 Å². The number of likely N-dealkylation sites (tertiary alicyclic amines) is 1. The lowest BCUT2D eigenvalue weighted by Crippen LogP contribution is -2.44. The molecule has 0 aromatic rings. The van der Waals surface area contributed by atoms with Crippen LogP contribution in [-0.4, -0.2) is 41.2 Å². The summed E-state index contributed by atoms with van der Waals surface area (Å²) in [4.78, 5) is 24.3. The lowest BCUT2D eigenvalue weighted by Gasteiger charge is -2.30. The van der Waals surface area contributed by atoms with Crippen molar-refractivity contribution in [2.24, 2.45) is 11.8 Å². The summed E-state index contributed by atoms with van der Waals surface area (Å²) >= 11 is 5.16. The minimum absolute atomic E-state index is 0.0902. The second-order valence-corrected chi connectivity index (χ2v) is 6.22. The Labute approximate surface area is 111 Å². The number of carbonyl (C=O) groups is 2. The summed E-state index contributed by atoms with van der Waals surface area (Å²) in [7, 11) is 0. The third-order valence-corrected chi connectivity index (χ3v) is 3.41. The lowest BCUT2D eigenvalue weighted by molar-refractivity contribution is 0.0126. The molecule has 2 rings (SSSR count). The zero-order valence-corrected chi connectivity index (χ0v) is 11.6. The molecule has 0 spiro atoms. The molecule has 2 fully saturated rings. The number of fused-ring (bicyclic) bond motifs is 1. The number of amides is 1. The van der Waals surface area contributed by atoms with Crippen LogP contribution in [0.3, 0.4) is 0 Å². The highest BCUT2D eigenvalue weighted by Gasteiger charge is 2.55. The van der Waals surface area contributed by atoms with Crippen LogP contribution < -0.4 is 0 Å². The van der Waals surface area contributed by atoms with Crippen LogP contribution in [0.15, 0.2) is 0 Å². The van der Waals surface area contributed by atoms with E-state index in [2.05, 4.69) is 0 Å². The van der Waals surface area contributed by atoms with Crippen molar-refractivity contribution in [3.05, 3.63) is 0 Å². The second-order valence-electron chi connectivity index (χ2n) is 5.91. The van der Waals surface area contributed by atoms with Gasteiger partial charge in [0.25, 0.3) is 0 Å². The summed E-state index contributed by atoms with van der Waals surface area (Å²) in [5.41, 5.74) is -1.35. The van der Waals surface area contributed by atoms with Crippen molar-refractivity contribution in [1.29, 1.82) is 0 Å². The molecule has 1 heterocycles. The van der Waals surface area contributed by atoms with Crippen molar-refractivity contribution in [2.75, 3.05) is 13.2 Å². The maximum Gasteiger partial charge on any atom is 0.410 e. The molecule has 3 atom stereocenters.